The summed E-state index contributed by atoms with van der Waals surface area (Å²) >= 11 is 0. The number of aryl methyl sites for hydroxylation is 1. The Hall–Kier alpha value is -3.41. The number of carbonyl (C=O) groups excluding carboxylic acids is 1. The predicted octanol–water partition coefficient (Wildman–Crippen LogP) is 3.98. The molecule has 0 aliphatic carbocycles. The molecule has 3 aromatic heterocycles. The van der Waals surface area contributed by atoms with Crippen molar-refractivity contribution in [1.29, 1.82) is 0 Å². The van der Waals surface area contributed by atoms with E-state index >= 15 is 0 Å². The largest absolute Gasteiger partial charge is 0.354 e. The average molecular weight is 414 g/mol. The Morgan fingerprint density at radius 2 is 1.90 bits per heavy atom. The summed E-state index contributed by atoms with van der Waals surface area (Å²) in [6, 6.07) is 16.5. The Bertz CT molecular complexity index is 1210. The third-order valence-corrected chi connectivity index (χ3v) is 6.20. The SMILES string of the molecule is CCc1ccc(CNC(=O)[C@H]2CCCN(c3nc4ncccc4n4cccc34)C2)cc1. The van der Waals surface area contributed by atoms with Gasteiger partial charge in [-0.05, 0) is 54.7 Å². The summed E-state index contributed by atoms with van der Waals surface area (Å²) in [6.07, 6.45) is 6.71. The lowest BCUT2D eigenvalue weighted by Gasteiger charge is -2.33. The van der Waals surface area contributed by atoms with E-state index in [1.165, 1.54) is 5.56 Å². The lowest BCUT2D eigenvalue weighted by Crippen LogP contribution is -2.43. The maximum Gasteiger partial charge on any atom is 0.225 e. The van der Waals surface area contributed by atoms with E-state index in [0.29, 0.717) is 13.1 Å². The number of benzene rings is 1. The lowest BCUT2D eigenvalue weighted by atomic mass is 9.97. The number of amides is 1. The van der Waals surface area contributed by atoms with E-state index in [9.17, 15) is 4.79 Å². The van der Waals surface area contributed by atoms with Gasteiger partial charge in [-0.25, -0.2) is 9.97 Å². The molecule has 1 saturated heterocycles. The molecule has 0 bridgehead atoms. The van der Waals surface area contributed by atoms with Crippen LogP contribution in [0.2, 0.25) is 0 Å². The zero-order chi connectivity index (χ0) is 21.2. The maximum atomic E-state index is 12.9. The minimum Gasteiger partial charge on any atom is -0.354 e. The molecule has 1 aromatic carbocycles. The van der Waals surface area contributed by atoms with E-state index in [2.05, 4.69) is 56.9 Å². The number of carbonyl (C=O) groups is 1. The highest BCUT2D eigenvalue weighted by molar-refractivity contribution is 5.84. The smallest absolute Gasteiger partial charge is 0.225 e. The second-order valence-corrected chi connectivity index (χ2v) is 8.22. The Labute approximate surface area is 181 Å². The van der Waals surface area contributed by atoms with Crippen molar-refractivity contribution in [1.82, 2.24) is 19.7 Å². The Balaban J connectivity index is 1.33. The number of hydrogen-bond donors (Lipinski definition) is 1. The Morgan fingerprint density at radius 3 is 2.74 bits per heavy atom. The number of fused-ring (bicyclic) bond motifs is 3. The first-order valence-electron chi connectivity index (χ1n) is 11.0. The van der Waals surface area contributed by atoms with Crippen molar-refractivity contribution in [3.05, 3.63) is 72.1 Å². The average Bonchev–Trinajstić information content (AvgIpc) is 3.33. The Kier molecular flexibility index (Phi) is 5.28. The molecule has 31 heavy (non-hydrogen) atoms. The van der Waals surface area contributed by atoms with Gasteiger partial charge in [0.05, 0.1) is 17.0 Å². The molecule has 0 unspecified atom stereocenters. The number of rotatable bonds is 5. The zero-order valence-electron chi connectivity index (χ0n) is 17.8. The second kappa shape index (κ2) is 8.38. The first-order valence-corrected chi connectivity index (χ1v) is 11.0. The first kappa shape index (κ1) is 19.5. The molecular formula is C25H27N5O. The van der Waals surface area contributed by atoms with Crippen LogP contribution < -0.4 is 10.2 Å². The normalized spacial score (nSPS) is 16.7. The lowest BCUT2D eigenvalue weighted by molar-refractivity contribution is -0.125. The molecule has 1 fully saturated rings. The number of piperidine rings is 1. The van der Waals surface area contributed by atoms with Gasteiger partial charge in [-0.2, -0.15) is 0 Å². The number of pyridine rings is 1. The van der Waals surface area contributed by atoms with E-state index in [1.54, 1.807) is 6.20 Å². The summed E-state index contributed by atoms with van der Waals surface area (Å²) in [6.45, 7) is 4.29. The van der Waals surface area contributed by atoms with Crippen LogP contribution in [0.25, 0.3) is 16.7 Å². The van der Waals surface area contributed by atoms with Crippen LogP contribution >= 0.6 is 0 Å². The minimum absolute atomic E-state index is 0.0418. The molecule has 6 nitrogen and oxygen atoms in total. The van der Waals surface area contributed by atoms with Crippen molar-refractivity contribution in [2.75, 3.05) is 18.0 Å². The fourth-order valence-electron chi connectivity index (χ4n) is 4.44. The number of nitrogens with one attached hydrogen (secondary N) is 1. The third-order valence-electron chi connectivity index (χ3n) is 6.20. The van der Waals surface area contributed by atoms with Crippen LogP contribution in [0.3, 0.4) is 0 Å². The quantitative estimate of drug-likeness (QED) is 0.538. The first-order chi connectivity index (χ1) is 15.2. The van der Waals surface area contributed by atoms with Crippen LogP contribution in [0.4, 0.5) is 5.82 Å². The van der Waals surface area contributed by atoms with Crippen molar-refractivity contribution >= 4 is 28.4 Å². The molecule has 158 valence electrons. The fraction of sp³-hybridized carbons (Fsp3) is 0.320. The van der Waals surface area contributed by atoms with Crippen LogP contribution in [0, 0.1) is 5.92 Å². The topological polar surface area (TPSA) is 62.5 Å². The van der Waals surface area contributed by atoms with Gasteiger partial charge in [-0.1, -0.05) is 31.2 Å². The van der Waals surface area contributed by atoms with Gasteiger partial charge in [0.2, 0.25) is 5.91 Å². The van der Waals surface area contributed by atoms with E-state index in [1.807, 2.05) is 24.4 Å². The fourth-order valence-corrected chi connectivity index (χ4v) is 4.44. The molecule has 1 amide bonds. The summed E-state index contributed by atoms with van der Waals surface area (Å²) < 4.78 is 2.13. The van der Waals surface area contributed by atoms with Crippen molar-refractivity contribution in [3.63, 3.8) is 0 Å². The van der Waals surface area contributed by atoms with Gasteiger partial charge in [-0.15, -0.1) is 0 Å². The van der Waals surface area contributed by atoms with Crippen LogP contribution in [0.5, 0.6) is 0 Å². The molecular weight excluding hydrogens is 386 g/mol. The predicted molar refractivity (Wildman–Crippen MR) is 123 cm³/mol. The number of nitrogens with zero attached hydrogens (tertiary/aromatic N) is 4. The Morgan fingerprint density at radius 1 is 1.10 bits per heavy atom. The highest BCUT2D eigenvalue weighted by Gasteiger charge is 2.28. The van der Waals surface area contributed by atoms with Gasteiger partial charge in [0.1, 0.15) is 0 Å². The molecule has 1 atom stereocenters. The van der Waals surface area contributed by atoms with Crippen LogP contribution in [0.1, 0.15) is 30.9 Å². The minimum atomic E-state index is -0.0418. The summed E-state index contributed by atoms with van der Waals surface area (Å²) in [7, 11) is 0. The van der Waals surface area contributed by atoms with Crippen LogP contribution in [-0.4, -0.2) is 33.4 Å². The van der Waals surface area contributed by atoms with Gasteiger partial charge in [-0.3, -0.25) is 4.79 Å². The van der Waals surface area contributed by atoms with Gasteiger partial charge in [0, 0.05) is 32.0 Å². The molecule has 6 heteroatoms. The van der Waals surface area contributed by atoms with Crippen molar-refractivity contribution in [2.45, 2.75) is 32.7 Å². The standard InChI is InChI=1S/C25H27N5O/c1-2-18-9-11-19(12-10-18)16-27-25(31)20-6-4-14-29(17-20)24-22-8-5-15-30(22)21-7-3-13-26-23(21)28-24/h3,5,7-13,15,20H,2,4,6,14,16-17H2,1H3,(H,27,31)/t20-/m0/s1. The van der Waals surface area contributed by atoms with Crippen molar-refractivity contribution < 1.29 is 4.79 Å². The van der Waals surface area contributed by atoms with E-state index in [0.717, 1.165) is 53.9 Å². The van der Waals surface area contributed by atoms with Crippen molar-refractivity contribution in [3.8, 4) is 0 Å². The zero-order valence-corrected chi connectivity index (χ0v) is 17.8. The molecule has 1 aliphatic rings. The van der Waals surface area contributed by atoms with E-state index in [-0.39, 0.29) is 11.8 Å². The molecule has 5 rings (SSSR count). The molecule has 4 heterocycles. The highest BCUT2D eigenvalue weighted by atomic mass is 16.1. The number of aromatic nitrogens is 3. The monoisotopic (exact) mass is 413 g/mol. The summed E-state index contributed by atoms with van der Waals surface area (Å²) in [4.78, 5) is 24.5. The molecule has 1 N–H and O–H groups in total. The summed E-state index contributed by atoms with van der Waals surface area (Å²) in [5.41, 5.74) is 5.22. The van der Waals surface area contributed by atoms with E-state index < -0.39 is 0 Å². The number of hydrogen-bond acceptors (Lipinski definition) is 4. The van der Waals surface area contributed by atoms with Crippen molar-refractivity contribution in [2.24, 2.45) is 5.92 Å². The summed E-state index contributed by atoms with van der Waals surface area (Å²) in [5.74, 6) is 0.985. The van der Waals surface area contributed by atoms with Gasteiger partial charge in [0.15, 0.2) is 11.5 Å². The number of anilines is 1. The van der Waals surface area contributed by atoms with Gasteiger partial charge >= 0.3 is 0 Å². The molecule has 0 radical (unpaired) electrons. The van der Waals surface area contributed by atoms with Crippen LogP contribution in [0.15, 0.2) is 60.9 Å². The van der Waals surface area contributed by atoms with E-state index in [4.69, 9.17) is 4.98 Å². The molecule has 1 aliphatic heterocycles. The molecule has 0 spiro atoms. The maximum absolute atomic E-state index is 12.9. The van der Waals surface area contributed by atoms with Gasteiger partial charge < -0.3 is 14.6 Å². The van der Waals surface area contributed by atoms with Gasteiger partial charge in [0.25, 0.3) is 0 Å². The third kappa shape index (κ3) is 3.85. The highest BCUT2D eigenvalue weighted by Crippen LogP contribution is 2.28. The summed E-state index contributed by atoms with van der Waals surface area (Å²) in [5, 5.41) is 3.14. The second-order valence-electron chi connectivity index (χ2n) is 8.22. The molecule has 4 aromatic rings. The molecule has 0 saturated carbocycles. The van der Waals surface area contributed by atoms with Crippen LogP contribution in [-0.2, 0) is 17.8 Å².